The molecule has 2 aliphatic rings. The molecule has 4 rings (SSSR count). The minimum atomic E-state index is -4.82. The quantitative estimate of drug-likeness (QED) is 0.704. The molecular weight excluding hydrogens is 418 g/mol. The van der Waals surface area contributed by atoms with E-state index in [1.165, 1.54) is 17.0 Å². The minimum absolute atomic E-state index is 0.00556. The highest BCUT2D eigenvalue weighted by molar-refractivity contribution is 5.58. The average Bonchev–Trinajstić information content (AvgIpc) is 3.02. The summed E-state index contributed by atoms with van der Waals surface area (Å²) in [5.74, 6) is -1.10. The molecule has 3 heterocycles. The fraction of sp³-hybridized carbons (Fsp3) is 0.500. The van der Waals surface area contributed by atoms with Crippen LogP contribution < -0.4 is 15.4 Å². The molecule has 168 valence electrons. The number of aromatic nitrogens is 2. The molecule has 0 amide bonds. The van der Waals surface area contributed by atoms with Gasteiger partial charge < -0.3 is 20.5 Å². The van der Waals surface area contributed by atoms with Crippen LogP contribution in [-0.2, 0) is 19.1 Å². The van der Waals surface area contributed by atoms with Gasteiger partial charge in [0.2, 0.25) is 0 Å². The molecule has 2 aliphatic heterocycles. The third kappa shape index (κ3) is 4.38. The summed E-state index contributed by atoms with van der Waals surface area (Å²) in [6.45, 7) is 1.04. The zero-order chi connectivity index (χ0) is 22.3. The number of rotatable bonds is 4. The lowest BCUT2D eigenvalue weighted by atomic mass is 10.0. The van der Waals surface area contributed by atoms with Gasteiger partial charge in [-0.1, -0.05) is 6.07 Å². The minimum Gasteiger partial charge on any atom is -0.462 e. The van der Waals surface area contributed by atoms with Crippen molar-refractivity contribution in [2.75, 3.05) is 37.4 Å². The molecule has 0 spiro atoms. The Balaban J connectivity index is 1.56. The first-order valence-electron chi connectivity index (χ1n) is 9.90. The maximum atomic E-state index is 14.0. The van der Waals surface area contributed by atoms with Gasteiger partial charge >= 0.3 is 12.2 Å². The van der Waals surface area contributed by atoms with Crippen molar-refractivity contribution in [1.29, 1.82) is 0 Å². The smallest absolute Gasteiger partial charge is 0.421 e. The number of β-amino-alcohol motifs (C(OH)–C–C–N with tert-alkyl or cyclic N) is 1. The van der Waals surface area contributed by atoms with Crippen molar-refractivity contribution >= 4 is 11.5 Å². The monoisotopic (exact) mass is 441 g/mol. The number of aliphatic hydroxyl groups excluding tert-OH is 1. The van der Waals surface area contributed by atoms with Gasteiger partial charge in [-0.25, -0.2) is 4.39 Å². The molecule has 31 heavy (non-hydrogen) atoms. The number of likely N-dealkylation sites (N-methyl/N-ethyl adjacent to an activating group) is 1. The zero-order valence-corrected chi connectivity index (χ0v) is 16.9. The third-order valence-electron chi connectivity index (χ3n) is 5.76. The van der Waals surface area contributed by atoms with Gasteiger partial charge in [-0.15, -0.1) is 0 Å². The molecule has 0 aliphatic carbocycles. The van der Waals surface area contributed by atoms with Gasteiger partial charge in [0.25, 0.3) is 0 Å². The van der Waals surface area contributed by atoms with Crippen molar-refractivity contribution in [2.24, 2.45) is 0 Å². The van der Waals surface area contributed by atoms with E-state index >= 15 is 0 Å². The standard InChI is InChI=1S/C20H23F4N5O2/c1-28-8-12(30)7-11(28)10-31-19-26-15-9-29(6-5-13(15)18(25)27-19)16-4-2-3-14(21)17(16)20(22,23)24/h2-4,11-12,30H,5-10H2,1H3,(H2,25,26,27)/t11-,12-/m1/s1. The topological polar surface area (TPSA) is 87.7 Å². The second kappa shape index (κ2) is 8.12. The molecule has 2 aromatic rings. The number of likely N-dealkylation sites (tertiary alicyclic amines) is 1. The summed E-state index contributed by atoms with van der Waals surface area (Å²) in [7, 11) is 1.88. The Hall–Kier alpha value is -2.66. The van der Waals surface area contributed by atoms with Crippen molar-refractivity contribution in [2.45, 2.75) is 37.7 Å². The summed E-state index contributed by atoms with van der Waals surface area (Å²) >= 11 is 0. The lowest BCUT2D eigenvalue weighted by Gasteiger charge is -2.32. The van der Waals surface area contributed by atoms with Crippen molar-refractivity contribution in [3.8, 4) is 6.01 Å². The van der Waals surface area contributed by atoms with E-state index in [0.717, 1.165) is 6.07 Å². The van der Waals surface area contributed by atoms with Crippen LogP contribution in [0.4, 0.5) is 29.1 Å². The van der Waals surface area contributed by atoms with E-state index in [2.05, 4.69) is 9.97 Å². The number of alkyl halides is 3. The molecule has 7 nitrogen and oxygen atoms in total. The maximum absolute atomic E-state index is 14.0. The summed E-state index contributed by atoms with van der Waals surface area (Å²) in [5, 5.41) is 9.75. The van der Waals surface area contributed by atoms with Gasteiger partial charge in [-0.2, -0.15) is 23.1 Å². The summed E-state index contributed by atoms with van der Waals surface area (Å²) in [6.07, 6.45) is -4.36. The van der Waals surface area contributed by atoms with E-state index in [-0.39, 0.29) is 43.3 Å². The predicted octanol–water partition coefficient (Wildman–Crippen LogP) is 2.22. The normalized spacial score (nSPS) is 21.9. The van der Waals surface area contributed by atoms with Crippen LogP contribution >= 0.6 is 0 Å². The third-order valence-corrected chi connectivity index (χ3v) is 5.76. The van der Waals surface area contributed by atoms with Crippen LogP contribution in [0.3, 0.4) is 0 Å². The first kappa shape index (κ1) is 21.6. The van der Waals surface area contributed by atoms with Crippen LogP contribution in [0, 0.1) is 5.82 Å². The molecule has 0 unspecified atom stereocenters. The predicted molar refractivity (Wildman–Crippen MR) is 105 cm³/mol. The second-order valence-corrected chi connectivity index (χ2v) is 7.91. The van der Waals surface area contributed by atoms with E-state index in [1.807, 2.05) is 11.9 Å². The Morgan fingerprint density at radius 2 is 2.06 bits per heavy atom. The molecule has 1 fully saturated rings. The van der Waals surface area contributed by atoms with Gasteiger partial charge in [-0.3, -0.25) is 4.90 Å². The highest BCUT2D eigenvalue weighted by Gasteiger charge is 2.39. The van der Waals surface area contributed by atoms with E-state index < -0.39 is 23.7 Å². The first-order chi connectivity index (χ1) is 14.6. The molecule has 2 atom stereocenters. The molecule has 0 radical (unpaired) electrons. The molecule has 1 aromatic heterocycles. The van der Waals surface area contributed by atoms with Gasteiger partial charge in [0.05, 0.1) is 24.0 Å². The number of hydrogen-bond donors (Lipinski definition) is 2. The lowest BCUT2D eigenvalue weighted by Crippen LogP contribution is -2.34. The van der Waals surface area contributed by atoms with Crippen LogP contribution in [0.15, 0.2) is 18.2 Å². The summed E-state index contributed by atoms with van der Waals surface area (Å²) in [5.41, 5.74) is 5.62. The first-order valence-corrected chi connectivity index (χ1v) is 9.90. The van der Waals surface area contributed by atoms with Crippen LogP contribution in [-0.4, -0.2) is 58.9 Å². The summed E-state index contributed by atoms with van der Waals surface area (Å²) < 4.78 is 60.0. The number of hydrogen-bond acceptors (Lipinski definition) is 7. The second-order valence-electron chi connectivity index (χ2n) is 7.91. The number of nitrogen functional groups attached to an aromatic ring is 1. The summed E-state index contributed by atoms with van der Waals surface area (Å²) in [4.78, 5) is 11.9. The van der Waals surface area contributed by atoms with Gasteiger partial charge in [-0.05, 0) is 32.0 Å². The van der Waals surface area contributed by atoms with Gasteiger partial charge in [0.1, 0.15) is 23.8 Å². The van der Waals surface area contributed by atoms with Crippen LogP contribution in [0.1, 0.15) is 23.2 Å². The SMILES string of the molecule is CN1C[C@H](O)C[C@@H]1COc1nc(N)c2c(n1)CN(c1cccc(F)c1C(F)(F)F)CC2. The number of ether oxygens (including phenoxy) is 1. The van der Waals surface area contributed by atoms with Gasteiger partial charge in [0.15, 0.2) is 0 Å². The molecule has 1 saturated heterocycles. The van der Waals surface area contributed by atoms with Crippen molar-refractivity contribution in [3.05, 3.63) is 40.8 Å². The molecular formula is C20H23F4N5O2. The maximum Gasteiger partial charge on any atom is 0.421 e. The molecule has 0 saturated carbocycles. The average molecular weight is 441 g/mol. The number of anilines is 2. The Kier molecular flexibility index (Phi) is 5.65. The Bertz CT molecular complexity index is 971. The van der Waals surface area contributed by atoms with Crippen molar-refractivity contribution in [1.82, 2.24) is 14.9 Å². The Morgan fingerprint density at radius 3 is 2.74 bits per heavy atom. The van der Waals surface area contributed by atoms with E-state index in [9.17, 15) is 22.7 Å². The van der Waals surface area contributed by atoms with Crippen molar-refractivity contribution in [3.63, 3.8) is 0 Å². The van der Waals surface area contributed by atoms with Crippen LogP contribution in [0.5, 0.6) is 6.01 Å². The van der Waals surface area contributed by atoms with E-state index in [1.54, 1.807) is 0 Å². The highest BCUT2D eigenvalue weighted by Crippen LogP contribution is 2.40. The molecule has 3 N–H and O–H groups in total. The van der Waals surface area contributed by atoms with Crippen molar-refractivity contribution < 1.29 is 27.4 Å². The lowest BCUT2D eigenvalue weighted by molar-refractivity contribution is -0.139. The van der Waals surface area contributed by atoms with Crippen LogP contribution in [0.25, 0.3) is 0 Å². The molecule has 1 aromatic carbocycles. The fourth-order valence-corrected chi connectivity index (χ4v) is 4.18. The number of nitrogens with two attached hydrogens (primary N) is 1. The van der Waals surface area contributed by atoms with Crippen LogP contribution in [0.2, 0.25) is 0 Å². The Morgan fingerprint density at radius 1 is 1.29 bits per heavy atom. The zero-order valence-electron chi connectivity index (χ0n) is 16.9. The molecule has 11 heteroatoms. The fourth-order valence-electron chi connectivity index (χ4n) is 4.18. The number of aliphatic hydroxyl groups is 1. The number of fused-ring (bicyclic) bond motifs is 1. The Labute approximate surface area is 176 Å². The van der Waals surface area contributed by atoms with Gasteiger partial charge in [0, 0.05) is 24.7 Å². The number of benzene rings is 1. The highest BCUT2D eigenvalue weighted by atomic mass is 19.4. The number of halogens is 4. The van der Waals surface area contributed by atoms with E-state index in [4.69, 9.17) is 10.5 Å². The summed E-state index contributed by atoms with van der Waals surface area (Å²) in [6, 6.07) is 3.33. The number of nitrogens with zero attached hydrogens (tertiary/aromatic N) is 4. The largest absolute Gasteiger partial charge is 0.462 e. The van der Waals surface area contributed by atoms with E-state index in [0.29, 0.717) is 30.6 Å². The molecule has 0 bridgehead atoms.